The maximum atomic E-state index is 11.9. The van der Waals surface area contributed by atoms with Crippen LogP contribution in [0.2, 0.25) is 0 Å². The predicted molar refractivity (Wildman–Crippen MR) is 66.7 cm³/mol. The van der Waals surface area contributed by atoms with Crippen molar-refractivity contribution in [1.29, 1.82) is 0 Å². The second kappa shape index (κ2) is 6.54. The summed E-state index contributed by atoms with van der Waals surface area (Å²) < 4.78 is 40.5. The molecule has 104 valence electrons. The summed E-state index contributed by atoms with van der Waals surface area (Å²) in [4.78, 5) is 2.13. The highest BCUT2D eigenvalue weighted by Gasteiger charge is 2.27. The number of alkyl halides is 3. The molecule has 0 aromatic carbocycles. The summed E-state index contributed by atoms with van der Waals surface area (Å²) in [5, 5.41) is 3.27. The molecule has 1 heterocycles. The summed E-state index contributed by atoms with van der Waals surface area (Å²) in [6.07, 6.45) is -4.26. The zero-order chi connectivity index (χ0) is 13.8. The molecule has 0 bridgehead atoms. The van der Waals surface area contributed by atoms with E-state index in [2.05, 4.69) is 10.1 Å². The smallest absolute Gasteiger partial charge is 0.367 e. The van der Waals surface area contributed by atoms with Gasteiger partial charge in [0, 0.05) is 22.3 Å². The second-order valence-electron chi connectivity index (χ2n) is 4.44. The molecule has 1 N–H and O–H groups in total. The van der Waals surface area contributed by atoms with Gasteiger partial charge in [0.1, 0.15) is 6.61 Å². The quantitative estimate of drug-likeness (QED) is 0.859. The molecule has 2 nitrogen and oxygen atoms in total. The van der Waals surface area contributed by atoms with Gasteiger partial charge in [-0.05, 0) is 18.6 Å². The average Bonchev–Trinajstić information content (AvgIpc) is 2.55. The molecule has 1 aromatic heterocycles. The van der Waals surface area contributed by atoms with Crippen LogP contribution in [0, 0.1) is 6.92 Å². The molecule has 0 spiro atoms. The fourth-order valence-corrected chi connectivity index (χ4v) is 2.40. The second-order valence-corrected chi connectivity index (χ2v) is 5.78. The van der Waals surface area contributed by atoms with Crippen molar-refractivity contribution in [3.05, 3.63) is 21.4 Å². The molecule has 0 saturated carbocycles. The van der Waals surface area contributed by atoms with E-state index in [0.29, 0.717) is 6.04 Å². The monoisotopic (exact) mass is 281 g/mol. The van der Waals surface area contributed by atoms with Crippen LogP contribution in [-0.4, -0.2) is 18.8 Å². The Kier molecular flexibility index (Phi) is 5.62. The van der Waals surface area contributed by atoms with E-state index in [1.807, 2.05) is 26.8 Å². The van der Waals surface area contributed by atoms with Crippen LogP contribution < -0.4 is 5.32 Å². The van der Waals surface area contributed by atoms with Crippen molar-refractivity contribution >= 4 is 11.3 Å². The Morgan fingerprint density at radius 1 is 1.39 bits per heavy atom. The third-order valence-corrected chi connectivity index (χ3v) is 3.37. The first-order valence-corrected chi connectivity index (χ1v) is 6.55. The highest BCUT2D eigenvalue weighted by molar-refractivity contribution is 7.12. The highest BCUT2D eigenvalue weighted by atomic mass is 32.1. The molecule has 0 unspecified atom stereocenters. The molecule has 1 rings (SSSR count). The number of rotatable bonds is 6. The summed E-state index contributed by atoms with van der Waals surface area (Å²) in [5.41, 5.74) is 0.838. The third-order valence-electron chi connectivity index (χ3n) is 2.28. The van der Waals surface area contributed by atoms with Gasteiger partial charge in [0.25, 0.3) is 0 Å². The summed E-state index contributed by atoms with van der Waals surface area (Å²) in [6, 6.07) is 2.29. The highest BCUT2D eigenvalue weighted by Crippen LogP contribution is 2.23. The topological polar surface area (TPSA) is 21.3 Å². The zero-order valence-corrected chi connectivity index (χ0v) is 11.5. The first kappa shape index (κ1) is 15.5. The lowest BCUT2D eigenvalue weighted by molar-refractivity contribution is -0.176. The van der Waals surface area contributed by atoms with Gasteiger partial charge in [0.2, 0.25) is 0 Å². The molecular formula is C12H18F3NOS. The number of halogens is 3. The summed E-state index contributed by atoms with van der Waals surface area (Å²) in [5.74, 6) is 0. The maximum absolute atomic E-state index is 11.9. The van der Waals surface area contributed by atoms with Crippen molar-refractivity contribution in [2.45, 2.75) is 46.1 Å². The molecule has 0 fully saturated rings. The van der Waals surface area contributed by atoms with Gasteiger partial charge >= 0.3 is 6.18 Å². The number of aryl methyl sites for hydroxylation is 1. The average molecular weight is 281 g/mol. The standard InChI is InChI=1S/C12H18F3NOS/c1-8(2)16-5-11-4-10(9(3)18-11)6-17-7-12(13,14)15/h4,8,16H,5-7H2,1-3H3. The van der Waals surface area contributed by atoms with Crippen LogP contribution >= 0.6 is 11.3 Å². The number of hydrogen-bond acceptors (Lipinski definition) is 3. The minimum Gasteiger partial charge on any atom is -0.367 e. The largest absolute Gasteiger partial charge is 0.411 e. The van der Waals surface area contributed by atoms with Crippen LogP contribution in [0.5, 0.6) is 0 Å². The van der Waals surface area contributed by atoms with Crippen LogP contribution in [0.4, 0.5) is 13.2 Å². The summed E-state index contributed by atoms with van der Waals surface area (Å²) in [7, 11) is 0. The number of thiophene rings is 1. The fourth-order valence-electron chi connectivity index (χ4n) is 1.40. The molecule has 0 aliphatic carbocycles. The van der Waals surface area contributed by atoms with Gasteiger partial charge in [-0.3, -0.25) is 0 Å². The van der Waals surface area contributed by atoms with Crippen molar-refractivity contribution in [3.8, 4) is 0 Å². The fraction of sp³-hybridized carbons (Fsp3) is 0.667. The summed E-state index contributed by atoms with van der Waals surface area (Å²) >= 11 is 1.59. The normalized spacial score (nSPS) is 12.4. The van der Waals surface area contributed by atoms with Crippen LogP contribution in [0.1, 0.15) is 29.2 Å². The molecule has 6 heteroatoms. The Hall–Kier alpha value is -0.590. The Balaban J connectivity index is 2.46. The third kappa shape index (κ3) is 5.84. The van der Waals surface area contributed by atoms with Gasteiger partial charge in [0.05, 0.1) is 6.61 Å². The van der Waals surface area contributed by atoms with Crippen LogP contribution in [0.15, 0.2) is 6.07 Å². The maximum Gasteiger partial charge on any atom is 0.411 e. The molecule has 0 atom stereocenters. The van der Waals surface area contributed by atoms with Crippen LogP contribution in [0.25, 0.3) is 0 Å². The minimum absolute atomic E-state index is 0.0174. The van der Waals surface area contributed by atoms with Gasteiger partial charge in [-0.1, -0.05) is 13.8 Å². The number of nitrogens with one attached hydrogen (secondary N) is 1. The van der Waals surface area contributed by atoms with E-state index < -0.39 is 12.8 Å². The van der Waals surface area contributed by atoms with Crippen molar-refractivity contribution < 1.29 is 17.9 Å². The van der Waals surface area contributed by atoms with E-state index in [0.717, 1.165) is 21.9 Å². The SMILES string of the molecule is Cc1sc(CNC(C)C)cc1COCC(F)(F)F. The lowest BCUT2D eigenvalue weighted by Crippen LogP contribution is -2.21. The molecule has 0 saturated heterocycles. The van der Waals surface area contributed by atoms with Crippen molar-refractivity contribution in [2.24, 2.45) is 0 Å². The zero-order valence-electron chi connectivity index (χ0n) is 10.7. The Morgan fingerprint density at radius 3 is 2.61 bits per heavy atom. The van der Waals surface area contributed by atoms with Gasteiger partial charge in [0.15, 0.2) is 0 Å². The molecule has 1 aromatic rings. The van der Waals surface area contributed by atoms with Gasteiger partial charge in [-0.2, -0.15) is 13.2 Å². The van der Waals surface area contributed by atoms with Gasteiger partial charge in [-0.15, -0.1) is 11.3 Å². The van der Waals surface area contributed by atoms with Crippen molar-refractivity contribution in [1.82, 2.24) is 5.32 Å². The Bertz CT molecular complexity index is 374. The van der Waals surface area contributed by atoms with E-state index in [1.165, 1.54) is 0 Å². The predicted octanol–water partition coefficient (Wildman–Crippen LogP) is 3.63. The van der Waals surface area contributed by atoms with E-state index in [-0.39, 0.29) is 6.61 Å². The lowest BCUT2D eigenvalue weighted by Gasteiger charge is -2.07. The minimum atomic E-state index is -4.26. The van der Waals surface area contributed by atoms with E-state index in [9.17, 15) is 13.2 Å². The molecular weight excluding hydrogens is 263 g/mol. The van der Waals surface area contributed by atoms with Gasteiger partial charge < -0.3 is 10.1 Å². The number of hydrogen-bond donors (Lipinski definition) is 1. The molecule has 18 heavy (non-hydrogen) atoms. The number of ether oxygens (including phenoxy) is 1. The van der Waals surface area contributed by atoms with E-state index in [4.69, 9.17) is 0 Å². The first-order chi connectivity index (χ1) is 8.28. The molecule has 0 radical (unpaired) electrons. The van der Waals surface area contributed by atoms with Crippen molar-refractivity contribution in [3.63, 3.8) is 0 Å². The molecule has 0 amide bonds. The van der Waals surface area contributed by atoms with Gasteiger partial charge in [-0.25, -0.2) is 0 Å². The molecule has 0 aliphatic heterocycles. The Labute approximate surface area is 109 Å². The Morgan fingerprint density at radius 2 is 2.06 bits per heavy atom. The lowest BCUT2D eigenvalue weighted by atomic mass is 10.2. The first-order valence-electron chi connectivity index (χ1n) is 5.74. The summed E-state index contributed by atoms with van der Waals surface area (Å²) in [6.45, 7) is 5.56. The van der Waals surface area contributed by atoms with Crippen molar-refractivity contribution in [2.75, 3.05) is 6.61 Å². The molecule has 0 aliphatic rings. The van der Waals surface area contributed by atoms with E-state index in [1.54, 1.807) is 11.3 Å². The van der Waals surface area contributed by atoms with E-state index >= 15 is 0 Å². The van der Waals surface area contributed by atoms with Crippen LogP contribution in [0.3, 0.4) is 0 Å². The van der Waals surface area contributed by atoms with Crippen LogP contribution in [-0.2, 0) is 17.9 Å².